The van der Waals surface area contributed by atoms with Gasteiger partial charge in [-0.05, 0) is 29.9 Å². The standard InChI is InChI=1S/C20H18N2/c1-12-6-4-8-14-15-9-5-7-13-10-20(2,3)16-11-21-19(17(12)14)22(16)18(13)15/h4-9,11H,10H2,1-3H3. The van der Waals surface area contributed by atoms with Gasteiger partial charge in [0.1, 0.15) is 5.65 Å². The fourth-order valence-corrected chi connectivity index (χ4v) is 4.20. The molecule has 1 aliphatic heterocycles. The van der Waals surface area contributed by atoms with Gasteiger partial charge in [0.2, 0.25) is 0 Å². The molecule has 0 spiro atoms. The maximum absolute atomic E-state index is 4.82. The lowest BCUT2D eigenvalue weighted by molar-refractivity contribution is 0.494. The third kappa shape index (κ3) is 1.29. The molecule has 108 valence electrons. The highest BCUT2D eigenvalue weighted by molar-refractivity contribution is 6.13. The van der Waals surface area contributed by atoms with Gasteiger partial charge in [-0.3, -0.25) is 4.40 Å². The van der Waals surface area contributed by atoms with Gasteiger partial charge in [0.05, 0.1) is 5.52 Å². The van der Waals surface area contributed by atoms with E-state index >= 15 is 0 Å². The Bertz CT molecular complexity index is 1080. The summed E-state index contributed by atoms with van der Waals surface area (Å²) in [5.41, 5.74) is 6.64. The number of pyridine rings is 1. The number of imidazole rings is 1. The quantitative estimate of drug-likeness (QED) is 0.425. The summed E-state index contributed by atoms with van der Waals surface area (Å²) < 4.78 is 2.41. The highest BCUT2D eigenvalue weighted by Crippen LogP contribution is 2.41. The van der Waals surface area contributed by atoms with Crippen molar-refractivity contribution in [3.63, 3.8) is 0 Å². The lowest BCUT2D eigenvalue weighted by Crippen LogP contribution is -2.26. The highest BCUT2D eigenvalue weighted by Gasteiger charge is 2.32. The molecule has 1 aliphatic rings. The Balaban J connectivity index is 2.22. The molecule has 2 aromatic heterocycles. The number of aryl methyl sites for hydroxylation is 1. The van der Waals surface area contributed by atoms with Crippen molar-refractivity contribution in [3.8, 4) is 0 Å². The summed E-state index contributed by atoms with van der Waals surface area (Å²) in [7, 11) is 0. The van der Waals surface area contributed by atoms with Gasteiger partial charge in [-0.2, -0.15) is 0 Å². The van der Waals surface area contributed by atoms with E-state index in [1.807, 2.05) is 0 Å². The number of hydrogen-bond donors (Lipinski definition) is 0. The third-order valence-corrected chi connectivity index (χ3v) is 5.22. The van der Waals surface area contributed by atoms with Crippen molar-refractivity contribution in [2.24, 2.45) is 0 Å². The van der Waals surface area contributed by atoms with Gasteiger partial charge in [0.25, 0.3) is 0 Å². The smallest absolute Gasteiger partial charge is 0.145 e. The number of benzene rings is 2. The maximum Gasteiger partial charge on any atom is 0.145 e. The van der Waals surface area contributed by atoms with E-state index in [1.54, 1.807) is 0 Å². The Morgan fingerprint density at radius 1 is 1.05 bits per heavy atom. The molecule has 0 atom stereocenters. The minimum atomic E-state index is 0.122. The Labute approximate surface area is 129 Å². The lowest BCUT2D eigenvalue weighted by atomic mass is 9.79. The van der Waals surface area contributed by atoms with E-state index in [4.69, 9.17) is 4.98 Å². The fraction of sp³-hybridized carbons (Fsp3) is 0.250. The molecule has 0 aliphatic carbocycles. The van der Waals surface area contributed by atoms with Gasteiger partial charge in [-0.15, -0.1) is 0 Å². The number of rotatable bonds is 0. The van der Waals surface area contributed by atoms with Crippen molar-refractivity contribution < 1.29 is 0 Å². The van der Waals surface area contributed by atoms with E-state index in [2.05, 4.69) is 67.8 Å². The molecule has 0 bridgehead atoms. The topological polar surface area (TPSA) is 17.3 Å². The van der Waals surface area contributed by atoms with Crippen molar-refractivity contribution in [3.05, 3.63) is 59.4 Å². The summed E-state index contributed by atoms with van der Waals surface area (Å²) in [6, 6.07) is 13.3. The van der Waals surface area contributed by atoms with Crippen molar-refractivity contribution >= 4 is 27.3 Å². The minimum absolute atomic E-state index is 0.122. The first-order valence-electron chi connectivity index (χ1n) is 7.89. The second-order valence-corrected chi connectivity index (χ2v) is 7.17. The van der Waals surface area contributed by atoms with Crippen LogP contribution in [0.3, 0.4) is 0 Å². The molecule has 2 aromatic carbocycles. The van der Waals surface area contributed by atoms with Crippen LogP contribution in [0.15, 0.2) is 42.6 Å². The SMILES string of the molecule is Cc1cccc2c3cccc4c3n3c(cnc3c12)C(C)(C)C4. The van der Waals surface area contributed by atoms with Gasteiger partial charge < -0.3 is 0 Å². The van der Waals surface area contributed by atoms with Gasteiger partial charge >= 0.3 is 0 Å². The van der Waals surface area contributed by atoms with E-state index in [0.29, 0.717) is 0 Å². The zero-order valence-corrected chi connectivity index (χ0v) is 13.1. The molecule has 4 aromatic rings. The molecule has 0 radical (unpaired) electrons. The summed E-state index contributed by atoms with van der Waals surface area (Å²) in [4.78, 5) is 4.82. The van der Waals surface area contributed by atoms with Gasteiger partial charge in [-0.1, -0.05) is 50.2 Å². The molecule has 3 heterocycles. The Morgan fingerprint density at radius 3 is 2.68 bits per heavy atom. The van der Waals surface area contributed by atoms with Gasteiger partial charge in [-0.25, -0.2) is 4.98 Å². The van der Waals surface area contributed by atoms with Crippen LogP contribution in [0.1, 0.15) is 30.7 Å². The van der Waals surface area contributed by atoms with E-state index < -0.39 is 0 Å². The summed E-state index contributed by atoms with van der Waals surface area (Å²) in [5, 5.41) is 3.95. The van der Waals surface area contributed by atoms with E-state index in [9.17, 15) is 0 Å². The first-order chi connectivity index (χ1) is 10.6. The summed E-state index contributed by atoms with van der Waals surface area (Å²) >= 11 is 0. The summed E-state index contributed by atoms with van der Waals surface area (Å²) in [5.74, 6) is 0. The first kappa shape index (κ1) is 12.2. The highest BCUT2D eigenvalue weighted by atomic mass is 15.0. The average Bonchev–Trinajstić information content (AvgIpc) is 2.92. The van der Waals surface area contributed by atoms with Crippen LogP contribution in [-0.4, -0.2) is 9.38 Å². The molecule has 0 saturated carbocycles. The Kier molecular flexibility index (Phi) is 2.05. The number of nitrogens with zero attached hydrogens (tertiary/aromatic N) is 2. The van der Waals surface area contributed by atoms with Crippen LogP contribution >= 0.6 is 0 Å². The van der Waals surface area contributed by atoms with Crippen molar-refractivity contribution in [1.29, 1.82) is 0 Å². The van der Waals surface area contributed by atoms with E-state index in [-0.39, 0.29) is 5.41 Å². The number of fused-ring (bicyclic) bond motifs is 3. The number of aromatic nitrogens is 2. The molecule has 0 amide bonds. The number of hydrogen-bond acceptors (Lipinski definition) is 1. The lowest BCUT2D eigenvalue weighted by Gasteiger charge is -2.31. The third-order valence-electron chi connectivity index (χ3n) is 5.22. The Morgan fingerprint density at radius 2 is 1.82 bits per heavy atom. The maximum atomic E-state index is 4.82. The predicted octanol–water partition coefficient (Wildman–Crippen LogP) is 4.78. The zero-order valence-electron chi connectivity index (χ0n) is 13.1. The van der Waals surface area contributed by atoms with Crippen LogP contribution in [0.25, 0.3) is 27.3 Å². The van der Waals surface area contributed by atoms with E-state index in [1.165, 1.54) is 38.5 Å². The summed E-state index contributed by atoms with van der Waals surface area (Å²) in [6.07, 6.45) is 3.15. The van der Waals surface area contributed by atoms with Crippen LogP contribution in [0, 0.1) is 6.92 Å². The fourth-order valence-electron chi connectivity index (χ4n) is 4.20. The minimum Gasteiger partial charge on any atom is -0.295 e. The molecule has 2 heteroatoms. The molecule has 0 saturated heterocycles. The molecule has 2 nitrogen and oxygen atoms in total. The number of para-hydroxylation sites is 1. The second-order valence-electron chi connectivity index (χ2n) is 7.17. The molecular formula is C20H18N2. The zero-order chi connectivity index (χ0) is 15.1. The van der Waals surface area contributed by atoms with Crippen LogP contribution < -0.4 is 0 Å². The van der Waals surface area contributed by atoms with Crippen molar-refractivity contribution in [2.75, 3.05) is 0 Å². The molecule has 0 fully saturated rings. The molecular weight excluding hydrogens is 268 g/mol. The van der Waals surface area contributed by atoms with E-state index in [0.717, 1.165) is 12.1 Å². The average molecular weight is 286 g/mol. The molecule has 5 rings (SSSR count). The summed E-state index contributed by atoms with van der Waals surface area (Å²) in [6.45, 7) is 6.82. The monoisotopic (exact) mass is 286 g/mol. The van der Waals surface area contributed by atoms with Crippen LogP contribution in [0.2, 0.25) is 0 Å². The van der Waals surface area contributed by atoms with Crippen molar-refractivity contribution in [2.45, 2.75) is 32.6 Å². The second kappa shape index (κ2) is 3.70. The van der Waals surface area contributed by atoms with Crippen LogP contribution in [-0.2, 0) is 11.8 Å². The molecule has 0 N–H and O–H groups in total. The van der Waals surface area contributed by atoms with Crippen LogP contribution in [0.4, 0.5) is 0 Å². The Hall–Kier alpha value is -2.35. The largest absolute Gasteiger partial charge is 0.295 e. The van der Waals surface area contributed by atoms with Gasteiger partial charge in [0.15, 0.2) is 0 Å². The van der Waals surface area contributed by atoms with Gasteiger partial charge in [0, 0.05) is 28.1 Å². The van der Waals surface area contributed by atoms with Crippen LogP contribution in [0.5, 0.6) is 0 Å². The normalized spacial score (nSPS) is 16.1. The molecule has 0 unspecified atom stereocenters. The first-order valence-corrected chi connectivity index (χ1v) is 7.89. The molecule has 22 heavy (non-hydrogen) atoms. The predicted molar refractivity (Wildman–Crippen MR) is 91.7 cm³/mol. The van der Waals surface area contributed by atoms with Crippen molar-refractivity contribution in [1.82, 2.24) is 9.38 Å².